The molecule has 86 valence electrons. The molecule has 0 saturated carbocycles. The van der Waals surface area contributed by atoms with E-state index in [1.54, 1.807) is 31.3 Å². The van der Waals surface area contributed by atoms with Gasteiger partial charge in [-0.25, -0.2) is 0 Å². The maximum Gasteiger partial charge on any atom is 0.239 e. The molecule has 1 aromatic rings. The van der Waals surface area contributed by atoms with Crippen LogP contribution >= 0.6 is 0 Å². The summed E-state index contributed by atoms with van der Waals surface area (Å²) in [6.45, 7) is 1.69. The Labute approximate surface area is 94.2 Å². The lowest BCUT2D eigenvalue weighted by atomic mass is 10.2. The van der Waals surface area contributed by atoms with Gasteiger partial charge < -0.3 is 16.0 Å². The minimum atomic E-state index is -0.105. The molecule has 1 aromatic carbocycles. The number of benzene rings is 1. The van der Waals surface area contributed by atoms with E-state index < -0.39 is 0 Å². The van der Waals surface area contributed by atoms with E-state index in [-0.39, 0.29) is 18.4 Å². The van der Waals surface area contributed by atoms with Crippen molar-refractivity contribution in [2.45, 2.75) is 6.92 Å². The van der Waals surface area contributed by atoms with Gasteiger partial charge in [0.25, 0.3) is 0 Å². The fraction of sp³-hybridized carbons (Fsp3) is 0.273. The Bertz CT molecular complexity index is 373. The Hall–Kier alpha value is -2.04. The number of likely N-dealkylation sites (N-methyl/N-ethyl adjacent to an activating group) is 1. The molecule has 0 fully saturated rings. The van der Waals surface area contributed by atoms with E-state index in [0.29, 0.717) is 0 Å². The van der Waals surface area contributed by atoms with Crippen molar-refractivity contribution in [2.75, 3.05) is 24.2 Å². The highest BCUT2D eigenvalue weighted by Crippen LogP contribution is 2.12. The van der Waals surface area contributed by atoms with E-state index in [1.165, 1.54) is 6.92 Å². The Morgan fingerprint density at radius 2 is 1.69 bits per heavy atom. The Morgan fingerprint density at radius 1 is 1.12 bits per heavy atom. The van der Waals surface area contributed by atoms with Crippen LogP contribution in [0.1, 0.15) is 6.92 Å². The molecule has 0 aromatic heterocycles. The van der Waals surface area contributed by atoms with Crippen LogP contribution in [0.4, 0.5) is 11.4 Å². The van der Waals surface area contributed by atoms with Crippen molar-refractivity contribution < 1.29 is 9.59 Å². The first kappa shape index (κ1) is 12.0. The normalized spacial score (nSPS) is 9.38. The Morgan fingerprint density at radius 3 is 2.19 bits per heavy atom. The van der Waals surface area contributed by atoms with Gasteiger partial charge >= 0.3 is 0 Å². The van der Waals surface area contributed by atoms with Crippen LogP contribution in [0.15, 0.2) is 24.3 Å². The fourth-order valence-corrected chi connectivity index (χ4v) is 1.15. The Balaban J connectivity index is 2.51. The second kappa shape index (κ2) is 5.75. The molecule has 1 rings (SSSR count). The van der Waals surface area contributed by atoms with Crippen molar-refractivity contribution in [1.29, 1.82) is 0 Å². The van der Waals surface area contributed by atoms with Crippen LogP contribution in [-0.2, 0) is 9.59 Å². The van der Waals surface area contributed by atoms with E-state index in [2.05, 4.69) is 16.0 Å². The van der Waals surface area contributed by atoms with Crippen LogP contribution in [0.2, 0.25) is 0 Å². The lowest BCUT2D eigenvalue weighted by Crippen LogP contribution is -2.26. The van der Waals surface area contributed by atoms with Crippen LogP contribution in [0.5, 0.6) is 0 Å². The average molecular weight is 221 g/mol. The van der Waals surface area contributed by atoms with E-state index in [4.69, 9.17) is 0 Å². The largest absolute Gasteiger partial charge is 0.376 e. The molecule has 0 saturated heterocycles. The van der Waals surface area contributed by atoms with Gasteiger partial charge in [-0.1, -0.05) is 0 Å². The lowest BCUT2D eigenvalue weighted by molar-refractivity contribution is -0.119. The maximum absolute atomic E-state index is 11.0. The smallest absolute Gasteiger partial charge is 0.239 e. The van der Waals surface area contributed by atoms with Crippen molar-refractivity contribution in [3.63, 3.8) is 0 Å². The second-order valence-electron chi connectivity index (χ2n) is 3.29. The number of amides is 2. The summed E-state index contributed by atoms with van der Waals surface area (Å²) in [7, 11) is 1.59. The monoisotopic (exact) mass is 221 g/mol. The van der Waals surface area contributed by atoms with Crippen LogP contribution in [0.3, 0.4) is 0 Å². The SMILES string of the molecule is CNC(=O)CNc1ccc(NC(C)=O)cc1. The topological polar surface area (TPSA) is 70.2 Å². The molecule has 0 aliphatic carbocycles. The molecule has 5 heteroatoms. The summed E-state index contributed by atoms with van der Waals surface area (Å²) in [5.41, 5.74) is 1.57. The molecular weight excluding hydrogens is 206 g/mol. The molecule has 0 radical (unpaired) electrons. The molecule has 0 heterocycles. The minimum Gasteiger partial charge on any atom is -0.376 e. The number of anilines is 2. The number of carbonyl (C=O) groups is 2. The summed E-state index contributed by atoms with van der Waals surface area (Å²) < 4.78 is 0. The van der Waals surface area contributed by atoms with Gasteiger partial charge in [0.05, 0.1) is 6.54 Å². The predicted molar refractivity (Wildman–Crippen MR) is 63.3 cm³/mol. The highest BCUT2D eigenvalue weighted by molar-refractivity contribution is 5.88. The van der Waals surface area contributed by atoms with Crippen molar-refractivity contribution in [2.24, 2.45) is 0 Å². The molecule has 0 aliphatic heterocycles. The van der Waals surface area contributed by atoms with E-state index in [0.717, 1.165) is 11.4 Å². The van der Waals surface area contributed by atoms with Gasteiger partial charge in [-0.2, -0.15) is 0 Å². The third-order valence-electron chi connectivity index (χ3n) is 1.94. The molecule has 0 aliphatic rings. The summed E-state index contributed by atoms with van der Waals surface area (Å²) in [5, 5.41) is 8.13. The van der Waals surface area contributed by atoms with Crippen LogP contribution in [0, 0.1) is 0 Å². The van der Waals surface area contributed by atoms with Gasteiger partial charge in [-0.3, -0.25) is 9.59 Å². The van der Waals surface area contributed by atoms with Crippen molar-refractivity contribution in [3.05, 3.63) is 24.3 Å². The lowest BCUT2D eigenvalue weighted by Gasteiger charge is -2.06. The van der Waals surface area contributed by atoms with E-state index in [9.17, 15) is 9.59 Å². The van der Waals surface area contributed by atoms with Crippen LogP contribution < -0.4 is 16.0 Å². The standard InChI is InChI=1S/C11H15N3O2/c1-8(15)14-10-5-3-9(4-6-10)13-7-11(16)12-2/h3-6,13H,7H2,1-2H3,(H,12,16)(H,14,15). The first-order valence-corrected chi connectivity index (χ1v) is 4.94. The van der Waals surface area contributed by atoms with Crippen molar-refractivity contribution in [3.8, 4) is 0 Å². The van der Waals surface area contributed by atoms with Gasteiger partial charge in [0.15, 0.2) is 0 Å². The highest BCUT2D eigenvalue weighted by Gasteiger charge is 1.98. The molecule has 3 N–H and O–H groups in total. The number of rotatable bonds is 4. The van der Waals surface area contributed by atoms with E-state index >= 15 is 0 Å². The zero-order valence-electron chi connectivity index (χ0n) is 9.33. The third kappa shape index (κ3) is 4.00. The molecular formula is C11H15N3O2. The molecule has 5 nitrogen and oxygen atoms in total. The first-order chi connectivity index (χ1) is 7.61. The van der Waals surface area contributed by atoms with Gasteiger partial charge in [-0.05, 0) is 24.3 Å². The van der Waals surface area contributed by atoms with E-state index in [1.807, 2.05) is 0 Å². The van der Waals surface area contributed by atoms with Crippen LogP contribution in [-0.4, -0.2) is 25.4 Å². The number of carbonyl (C=O) groups excluding carboxylic acids is 2. The van der Waals surface area contributed by atoms with Crippen molar-refractivity contribution >= 4 is 23.2 Å². The zero-order valence-corrected chi connectivity index (χ0v) is 9.33. The van der Waals surface area contributed by atoms with Gasteiger partial charge in [0.2, 0.25) is 11.8 Å². The maximum atomic E-state index is 11.0. The van der Waals surface area contributed by atoms with Crippen LogP contribution in [0.25, 0.3) is 0 Å². The Kier molecular flexibility index (Phi) is 4.32. The summed E-state index contributed by atoms with van der Waals surface area (Å²) in [4.78, 5) is 21.7. The first-order valence-electron chi connectivity index (χ1n) is 4.94. The second-order valence-corrected chi connectivity index (χ2v) is 3.29. The summed E-state index contributed by atoms with van der Waals surface area (Å²) >= 11 is 0. The average Bonchev–Trinajstić information content (AvgIpc) is 2.27. The molecule has 16 heavy (non-hydrogen) atoms. The zero-order chi connectivity index (χ0) is 12.0. The van der Waals surface area contributed by atoms with Gasteiger partial charge in [0.1, 0.15) is 0 Å². The molecule has 0 unspecified atom stereocenters. The summed E-state index contributed by atoms with van der Waals surface area (Å²) in [6.07, 6.45) is 0. The minimum absolute atomic E-state index is 0.0778. The third-order valence-corrected chi connectivity index (χ3v) is 1.94. The number of hydrogen-bond donors (Lipinski definition) is 3. The molecule has 0 atom stereocenters. The number of hydrogen-bond acceptors (Lipinski definition) is 3. The summed E-state index contributed by atoms with van der Waals surface area (Å²) in [5.74, 6) is -0.183. The van der Waals surface area contributed by atoms with Gasteiger partial charge in [0, 0.05) is 25.3 Å². The predicted octanol–water partition coefficient (Wildman–Crippen LogP) is 0.803. The number of nitrogens with one attached hydrogen (secondary N) is 3. The fourth-order valence-electron chi connectivity index (χ4n) is 1.15. The molecule has 2 amide bonds. The quantitative estimate of drug-likeness (QED) is 0.704. The van der Waals surface area contributed by atoms with Gasteiger partial charge in [-0.15, -0.1) is 0 Å². The molecule has 0 spiro atoms. The van der Waals surface area contributed by atoms with Crippen molar-refractivity contribution in [1.82, 2.24) is 5.32 Å². The highest BCUT2D eigenvalue weighted by atomic mass is 16.2. The molecule has 0 bridgehead atoms. The summed E-state index contributed by atoms with van der Waals surface area (Å²) in [6, 6.07) is 7.14.